The van der Waals surface area contributed by atoms with Crippen molar-refractivity contribution < 1.29 is 4.79 Å². The molecule has 1 amide bonds. The number of benzene rings is 1. The van der Waals surface area contributed by atoms with Crippen LogP contribution in [0.25, 0.3) is 10.9 Å². The third kappa shape index (κ3) is 1.90. The standard InChI is InChI=1S/C12H12N6O/c1-18-11(13)9(6-15-18)12(19)16-8-2-3-10-7(4-8)5-14-17-10/h2-6H,13H2,1H3,(H,14,17)(H,16,19). The number of carbonyl (C=O) groups is 1. The number of amides is 1. The number of aryl methyl sites for hydroxylation is 1. The zero-order valence-corrected chi connectivity index (χ0v) is 10.2. The van der Waals surface area contributed by atoms with Crippen LogP contribution in [0.15, 0.2) is 30.6 Å². The quantitative estimate of drug-likeness (QED) is 0.639. The highest BCUT2D eigenvalue weighted by Gasteiger charge is 2.13. The molecule has 3 aromatic rings. The van der Waals surface area contributed by atoms with Crippen molar-refractivity contribution in [2.75, 3.05) is 11.1 Å². The minimum Gasteiger partial charge on any atom is -0.383 e. The fourth-order valence-electron chi connectivity index (χ4n) is 1.84. The molecule has 0 aliphatic carbocycles. The van der Waals surface area contributed by atoms with Gasteiger partial charge < -0.3 is 11.1 Å². The van der Waals surface area contributed by atoms with Gasteiger partial charge in [0, 0.05) is 18.1 Å². The fraction of sp³-hybridized carbons (Fsp3) is 0.0833. The maximum atomic E-state index is 12.1. The molecule has 0 aliphatic rings. The minimum atomic E-state index is -0.284. The SMILES string of the molecule is Cn1ncc(C(=O)Nc2ccc3[nH]ncc3c2)c1N. The summed E-state index contributed by atoms with van der Waals surface area (Å²) < 4.78 is 1.45. The Morgan fingerprint density at radius 1 is 1.42 bits per heavy atom. The first-order chi connectivity index (χ1) is 9.15. The molecule has 7 heteroatoms. The number of nitrogens with zero attached hydrogens (tertiary/aromatic N) is 3. The number of nitrogen functional groups attached to an aromatic ring is 1. The van der Waals surface area contributed by atoms with E-state index in [1.807, 2.05) is 12.1 Å². The lowest BCUT2D eigenvalue weighted by molar-refractivity contribution is 0.102. The molecule has 4 N–H and O–H groups in total. The monoisotopic (exact) mass is 256 g/mol. The van der Waals surface area contributed by atoms with Crippen molar-refractivity contribution in [1.29, 1.82) is 0 Å². The van der Waals surface area contributed by atoms with Gasteiger partial charge in [0.25, 0.3) is 5.91 Å². The Morgan fingerprint density at radius 3 is 3.00 bits per heavy atom. The topological polar surface area (TPSA) is 102 Å². The third-order valence-electron chi connectivity index (χ3n) is 2.93. The van der Waals surface area contributed by atoms with Crippen molar-refractivity contribution in [2.24, 2.45) is 7.05 Å². The number of carbonyl (C=O) groups excluding carboxylic acids is 1. The van der Waals surface area contributed by atoms with Crippen LogP contribution in [0.1, 0.15) is 10.4 Å². The second-order valence-electron chi connectivity index (χ2n) is 4.19. The number of nitrogens with two attached hydrogens (primary N) is 1. The van der Waals surface area contributed by atoms with E-state index in [0.717, 1.165) is 10.9 Å². The average Bonchev–Trinajstić information content (AvgIpc) is 2.97. The molecule has 0 atom stereocenters. The van der Waals surface area contributed by atoms with E-state index in [-0.39, 0.29) is 5.91 Å². The molecule has 0 unspecified atom stereocenters. The van der Waals surface area contributed by atoms with Gasteiger partial charge in [-0.1, -0.05) is 0 Å². The number of nitrogens with one attached hydrogen (secondary N) is 2. The summed E-state index contributed by atoms with van der Waals surface area (Å²) in [6.07, 6.45) is 3.14. The van der Waals surface area contributed by atoms with Crippen LogP contribution in [-0.4, -0.2) is 25.9 Å². The smallest absolute Gasteiger partial charge is 0.261 e. The van der Waals surface area contributed by atoms with E-state index in [4.69, 9.17) is 5.73 Å². The van der Waals surface area contributed by atoms with Crippen LogP contribution in [0.5, 0.6) is 0 Å². The van der Waals surface area contributed by atoms with Gasteiger partial charge in [-0.2, -0.15) is 10.2 Å². The minimum absolute atomic E-state index is 0.284. The first kappa shape index (κ1) is 11.3. The van der Waals surface area contributed by atoms with E-state index in [0.29, 0.717) is 17.1 Å². The lowest BCUT2D eigenvalue weighted by Crippen LogP contribution is -2.13. The molecule has 0 bridgehead atoms. The van der Waals surface area contributed by atoms with E-state index in [2.05, 4.69) is 20.6 Å². The van der Waals surface area contributed by atoms with Gasteiger partial charge in [-0.05, 0) is 18.2 Å². The highest BCUT2D eigenvalue weighted by Crippen LogP contribution is 2.18. The summed E-state index contributed by atoms with van der Waals surface area (Å²) >= 11 is 0. The molecule has 0 saturated heterocycles. The second kappa shape index (κ2) is 4.13. The highest BCUT2D eigenvalue weighted by molar-refractivity contribution is 6.07. The summed E-state index contributed by atoms with van der Waals surface area (Å²) in [7, 11) is 1.68. The van der Waals surface area contributed by atoms with E-state index in [1.54, 1.807) is 19.3 Å². The molecule has 19 heavy (non-hydrogen) atoms. The Hall–Kier alpha value is -2.83. The van der Waals surface area contributed by atoms with E-state index in [9.17, 15) is 4.79 Å². The van der Waals surface area contributed by atoms with Crippen LogP contribution in [-0.2, 0) is 7.05 Å². The van der Waals surface area contributed by atoms with Crippen molar-refractivity contribution in [3.63, 3.8) is 0 Å². The van der Waals surface area contributed by atoms with Crippen LogP contribution in [0, 0.1) is 0 Å². The highest BCUT2D eigenvalue weighted by atomic mass is 16.1. The van der Waals surface area contributed by atoms with Gasteiger partial charge in [0.2, 0.25) is 0 Å². The molecular weight excluding hydrogens is 244 g/mol. The molecule has 0 fully saturated rings. The molecule has 2 aromatic heterocycles. The zero-order chi connectivity index (χ0) is 13.4. The summed E-state index contributed by atoms with van der Waals surface area (Å²) in [6.45, 7) is 0. The molecular formula is C12H12N6O. The normalized spacial score (nSPS) is 10.8. The Kier molecular flexibility index (Phi) is 2.45. The predicted molar refractivity (Wildman–Crippen MR) is 71.7 cm³/mol. The van der Waals surface area contributed by atoms with E-state index in [1.165, 1.54) is 10.9 Å². The van der Waals surface area contributed by atoms with Gasteiger partial charge >= 0.3 is 0 Å². The maximum Gasteiger partial charge on any atom is 0.261 e. The number of hydrogen-bond donors (Lipinski definition) is 3. The van der Waals surface area contributed by atoms with Gasteiger partial charge in [0.15, 0.2) is 0 Å². The summed E-state index contributed by atoms with van der Waals surface area (Å²) in [5.74, 6) is 0.0512. The number of aromatic nitrogens is 4. The molecule has 0 radical (unpaired) electrons. The second-order valence-corrected chi connectivity index (χ2v) is 4.19. The number of aromatic amines is 1. The molecule has 96 valence electrons. The Bertz CT molecular complexity index is 757. The van der Waals surface area contributed by atoms with Gasteiger partial charge in [-0.15, -0.1) is 0 Å². The Morgan fingerprint density at radius 2 is 2.26 bits per heavy atom. The molecule has 3 rings (SSSR count). The molecule has 2 heterocycles. The lowest BCUT2D eigenvalue weighted by atomic mass is 10.2. The molecule has 1 aromatic carbocycles. The first-order valence-electron chi connectivity index (χ1n) is 5.67. The van der Waals surface area contributed by atoms with Crippen molar-refractivity contribution in [1.82, 2.24) is 20.0 Å². The summed E-state index contributed by atoms with van der Waals surface area (Å²) in [5, 5.41) is 14.4. The van der Waals surface area contributed by atoms with Gasteiger partial charge in [0.1, 0.15) is 11.4 Å². The van der Waals surface area contributed by atoms with Crippen molar-refractivity contribution in [3.8, 4) is 0 Å². The van der Waals surface area contributed by atoms with Gasteiger partial charge in [-0.3, -0.25) is 14.6 Å². The number of anilines is 2. The van der Waals surface area contributed by atoms with E-state index < -0.39 is 0 Å². The summed E-state index contributed by atoms with van der Waals surface area (Å²) in [5.41, 5.74) is 7.71. The molecule has 0 spiro atoms. The van der Waals surface area contributed by atoms with E-state index >= 15 is 0 Å². The zero-order valence-electron chi connectivity index (χ0n) is 10.2. The van der Waals surface area contributed by atoms with Gasteiger partial charge in [0.05, 0.1) is 17.9 Å². The first-order valence-corrected chi connectivity index (χ1v) is 5.67. The predicted octanol–water partition coefficient (Wildman–Crippen LogP) is 1.13. The van der Waals surface area contributed by atoms with Crippen LogP contribution in [0.4, 0.5) is 11.5 Å². The van der Waals surface area contributed by atoms with Crippen molar-refractivity contribution >= 4 is 28.3 Å². The average molecular weight is 256 g/mol. The molecule has 7 nitrogen and oxygen atoms in total. The Labute approximate surface area is 108 Å². The summed E-state index contributed by atoms with van der Waals surface area (Å²) in [4.78, 5) is 12.1. The number of hydrogen-bond acceptors (Lipinski definition) is 4. The lowest BCUT2D eigenvalue weighted by Gasteiger charge is -2.04. The third-order valence-corrected chi connectivity index (χ3v) is 2.93. The van der Waals surface area contributed by atoms with Crippen molar-refractivity contribution in [3.05, 3.63) is 36.2 Å². The number of rotatable bonds is 2. The largest absolute Gasteiger partial charge is 0.383 e. The fourth-order valence-corrected chi connectivity index (χ4v) is 1.84. The maximum absolute atomic E-state index is 12.1. The Balaban J connectivity index is 1.88. The summed E-state index contributed by atoms with van der Waals surface area (Å²) in [6, 6.07) is 5.48. The van der Waals surface area contributed by atoms with Crippen molar-refractivity contribution in [2.45, 2.75) is 0 Å². The van der Waals surface area contributed by atoms with Crippen LogP contribution in [0.2, 0.25) is 0 Å². The number of fused-ring (bicyclic) bond motifs is 1. The molecule has 0 aliphatic heterocycles. The van der Waals surface area contributed by atoms with Gasteiger partial charge in [-0.25, -0.2) is 0 Å². The number of H-pyrrole nitrogens is 1. The van der Waals surface area contributed by atoms with Crippen LogP contribution >= 0.6 is 0 Å². The molecule has 0 saturated carbocycles. The van der Waals surface area contributed by atoms with Crippen LogP contribution in [0.3, 0.4) is 0 Å². The van der Waals surface area contributed by atoms with Crippen LogP contribution < -0.4 is 11.1 Å².